The van der Waals surface area contributed by atoms with Crippen molar-refractivity contribution in [3.8, 4) is 6.07 Å². The maximum atomic E-state index is 11.8. The van der Waals surface area contributed by atoms with E-state index in [9.17, 15) is 9.59 Å². The first-order chi connectivity index (χ1) is 9.52. The van der Waals surface area contributed by atoms with Gasteiger partial charge >= 0.3 is 12.0 Å². The standard InChI is InChI=1S/C14H17N3O3/c1-17(10-2-3-13(18)19)14(20)16-12-6-4-11(5-7-12)8-9-15/h4-7H,2-3,8,10H2,1H3,(H,16,20)(H,18,19). The van der Waals surface area contributed by atoms with Gasteiger partial charge < -0.3 is 15.3 Å². The van der Waals surface area contributed by atoms with E-state index < -0.39 is 5.97 Å². The van der Waals surface area contributed by atoms with Crippen molar-refractivity contribution in [2.75, 3.05) is 18.9 Å². The molecular formula is C14H17N3O3. The van der Waals surface area contributed by atoms with E-state index in [1.807, 2.05) is 0 Å². The minimum atomic E-state index is -0.869. The van der Waals surface area contributed by atoms with Gasteiger partial charge in [-0.05, 0) is 24.1 Å². The number of carbonyl (C=O) groups excluding carboxylic acids is 1. The van der Waals surface area contributed by atoms with Crippen molar-refractivity contribution in [2.24, 2.45) is 0 Å². The topological polar surface area (TPSA) is 93.4 Å². The number of amides is 2. The zero-order valence-corrected chi connectivity index (χ0v) is 11.3. The fraction of sp³-hybridized carbons (Fsp3) is 0.357. The molecule has 0 atom stereocenters. The molecule has 6 heteroatoms. The zero-order valence-electron chi connectivity index (χ0n) is 11.3. The molecule has 1 aromatic rings. The van der Waals surface area contributed by atoms with Crippen LogP contribution in [0, 0.1) is 11.3 Å². The van der Waals surface area contributed by atoms with Gasteiger partial charge in [-0.2, -0.15) is 5.26 Å². The average Bonchev–Trinajstić information content (AvgIpc) is 2.40. The summed E-state index contributed by atoms with van der Waals surface area (Å²) in [6, 6.07) is 8.79. The summed E-state index contributed by atoms with van der Waals surface area (Å²) >= 11 is 0. The van der Waals surface area contributed by atoms with Crippen molar-refractivity contribution in [3.05, 3.63) is 29.8 Å². The molecule has 0 aliphatic rings. The summed E-state index contributed by atoms with van der Waals surface area (Å²) in [5.74, 6) is -0.869. The lowest BCUT2D eigenvalue weighted by atomic mass is 10.1. The molecule has 0 fully saturated rings. The smallest absolute Gasteiger partial charge is 0.321 e. The number of aliphatic carboxylic acids is 1. The molecule has 0 heterocycles. The van der Waals surface area contributed by atoms with Gasteiger partial charge in [-0.3, -0.25) is 4.79 Å². The summed E-state index contributed by atoms with van der Waals surface area (Å²) in [5.41, 5.74) is 1.53. The molecule has 1 rings (SSSR count). The number of carboxylic acid groups (broad SMARTS) is 1. The largest absolute Gasteiger partial charge is 0.481 e. The molecule has 0 saturated carbocycles. The highest BCUT2D eigenvalue weighted by molar-refractivity contribution is 5.89. The summed E-state index contributed by atoms with van der Waals surface area (Å²) in [6.45, 7) is 0.380. The van der Waals surface area contributed by atoms with Gasteiger partial charge in [-0.15, -0.1) is 0 Å². The fourth-order valence-corrected chi connectivity index (χ4v) is 1.59. The van der Waals surface area contributed by atoms with Gasteiger partial charge in [-0.1, -0.05) is 12.1 Å². The predicted molar refractivity (Wildman–Crippen MR) is 74.3 cm³/mol. The maximum absolute atomic E-state index is 11.8. The Labute approximate surface area is 117 Å². The Balaban J connectivity index is 2.44. The minimum absolute atomic E-state index is 0.0421. The lowest BCUT2D eigenvalue weighted by molar-refractivity contribution is -0.137. The van der Waals surface area contributed by atoms with E-state index in [0.29, 0.717) is 25.1 Å². The van der Waals surface area contributed by atoms with Crippen LogP contribution in [0.25, 0.3) is 0 Å². The number of nitrogens with zero attached hydrogens (tertiary/aromatic N) is 2. The Hall–Kier alpha value is -2.55. The van der Waals surface area contributed by atoms with Crippen LogP contribution in [-0.2, 0) is 11.2 Å². The van der Waals surface area contributed by atoms with Crippen molar-refractivity contribution in [1.29, 1.82) is 5.26 Å². The summed E-state index contributed by atoms with van der Waals surface area (Å²) < 4.78 is 0. The summed E-state index contributed by atoms with van der Waals surface area (Å²) in [5, 5.41) is 19.8. The highest BCUT2D eigenvalue weighted by Crippen LogP contribution is 2.10. The van der Waals surface area contributed by atoms with Crippen LogP contribution in [0.4, 0.5) is 10.5 Å². The van der Waals surface area contributed by atoms with Crippen LogP contribution in [-0.4, -0.2) is 35.6 Å². The van der Waals surface area contributed by atoms with Gasteiger partial charge in [0, 0.05) is 25.7 Å². The summed E-state index contributed by atoms with van der Waals surface area (Å²) in [7, 11) is 1.61. The second kappa shape index (κ2) is 7.79. The van der Waals surface area contributed by atoms with Crippen LogP contribution in [0.5, 0.6) is 0 Å². The molecule has 0 aliphatic heterocycles. The first-order valence-electron chi connectivity index (χ1n) is 6.22. The predicted octanol–water partition coefficient (Wildman–Crippen LogP) is 2.08. The van der Waals surface area contributed by atoms with E-state index in [0.717, 1.165) is 5.56 Å². The molecule has 20 heavy (non-hydrogen) atoms. The van der Waals surface area contributed by atoms with E-state index >= 15 is 0 Å². The van der Waals surface area contributed by atoms with Crippen molar-refractivity contribution in [2.45, 2.75) is 19.3 Å². The van der Waals surface area contributed by atoms with Crippen LogP contribution in [0.15, 0.2) is 24.3 Å². The fourth-order valence-electron chi connectivity index (χ4n) is 1.59. The zero-order chi connectivity index (χ0) is 15.0. The van der Waals surface area contributed by atoms with E-state index in [2.05, 4.69) is 11.4 Å². The number of nitrogens with one attached hydrogen (secondary N) is 1. The van der Waals surface area contributed by atoms with Crippen molar-refractivity contribution >= 4 is 17.7 Å². The number of anilines is 1. The summed E-state index contributed by atoms with van der Waals surface area (Å²) in [6.07, 6.45) is 0.796. The van der Waals surface area contributed by atoms with Gasteiger partial charge in [0.15, 0.2) is 0 Å². The molecule has 106 valence electrons. The minimum Gasteiger partial charge on any atom is -0.481 e. The number of nitriles is 1. The number of carboxylic acids is 1. The molecule has 2 N–H and O–H groups in total. The van der Waals surface area contributed by atoms with Crippen molar-refractivity contribution < 1.29 is 14.7 Å². The van der Waals surface area contributed by atoms with E-state index in [4.69, 9.17) is 10.4 Å². The van der Waals surface area contributed by atoms with Gasteiger partial charge in [0.25, 0.3) is 0 Å². The lowest BCUT2D eigenvalue weighted by Crippen LogP contribution is -2.32. The van der Waals surface area contributed by atoms with Crippen LogP contribution in [0.2, 0.25) is 0 Å². The number of carbonyl (C=O) groups is 2. The number of hydrogen-bond donors (Lipinski definition) is 2. The van der Waals surface area contributed by atoms with Crippen molar-refractivity contribution in [3.63, 3.8) is 0 Å². The molecule has 0 spiro atoms. The van der Waals surface area contributed by atoms with Gasteiger partial charge in [0.1, 0.15) is 0 Å². The molecule has 6 nitrogen and oxygen atoms in total. The van der Waals surface area contributed by atoms with Gasteiger partial charge in [-0.25, -0.2) is 4.79 Å². The Bertz CT molecular complexity index is 505. The maximum Gasteiger partial charge on any atom is 0.321 e. The Morgan fingerprint density at radius 1 is 1.35 bits per heavy atom. The molecule has 0 aromatic heterocycles. The Morgan fingerprint density at radius 3 is 2.55 bits per heavy atom. The Morgan fingerprint density at radius 2 is 2.00 bits per heavy atom. The van der Waals surface area contributed by atoms with E-state index in [-0.39, 0.29) is 12.5 Å². The second-order valence-electron chi connectivity index (χ2n) is 4.38. The third-order valence-corrected chi connectivity index (χ3v) is 2.72. The van der Waals surface area contributed by atoms with Crippen LogP contribution in [0.1, 0.15) is 18.4 Å². The first kappa shape index (κ1) is 15.5. The first-order valence-corrected chi connectivity index (χ1v) is 6.22. The Kier molecular flexibility index (Phi) is 6.04. The number of hydrogen-bond acceptors (Lipinski definition) is 3. The van der Waals surface area contributed by atoms with Crippen LogP contribution in [0.3, 0.4) is 0 Å². The molecule has 0 radical (unpaired) electrons. The number of benzene rings is 1. The van der Waals surface area contributed by atoms with Gasteiger partial charge in [0.2, 0.25) is 0 Å². The summed E-state index contributed by atoms with van der Waals surface area (Å²) in [4.78, 5) is 23.6. The molecule has 1 aromatic carbocycles. The van der Waals surface area contributed by atoms with E-state index in [1.165, 1.54) is 4.90 Å². The molecule has 0 bridgehead atoms. The second-order valence-corrected chi connectivity index (χ2v) is 4.38. The normalized spacial score (nSPS) is 9.60. The number of rotatable bonds is 6. The van der Waals surface area contributed by atoms with Gasteiger partial charge in [0.05, 0.1) is 12.5 Å². The SMILES string of the molecule is CN(CCCC(=O)O)C(=O)Nc1ccc(CC#N)cc1. The monoisotopic (exact) mass is 275 g/mol. The van der Waals surface area contributed by atoms with Crippen LogP contribution < -0.4 is 5.32 Å². The van der Waals surface area contributed by atoms with Crippen molar-refractivity contribution in [1.82, 2.24) is 4.90 Å². The quantitative estimate of drug-likeness (QED) is 0.831. The highest BCUT2D eigenvalue weighted by Gasteiger charge is 2.09. The molecular weight excluding hydrogens is 258 g/mol. The van der Waals surface area contributed by atoms with Crippen LogP contribution >= 0.6 is 0 Å². The molecule has 0 saturated heterocycles. The lowest BCUT2D eigenvalue weighted by Gasteiger charge is -2.17. The third-order valence-electron chi connectivity index (χ3n) is 2.72. The number of urea groups is 1. The highest BCUT2D eigenvalue weighted by atomic mass is 16.4. The molecule has 0 unspecified atom stereocenters. The van der Waals surface area contributed by atoms with E-state index in [1.54, 1.807) is 31.3 Å². The molecule has 2 amide bonds. The third kappa shape index (κ3) is 5.40. The molecule has 0 aliphatic carbocycles. The average molecular weight is 275 g/mol.